The minimum absolute atomic E-state index is 0.476. The van der Waals surface area contributed by atoms with Crippen molar-refractivity contribution in [2.75, 3.05) is 5.32 Å². The van der Waals surface area contributed by atoms with Gasteiger partial charge < -0.3 is 10.1 Å². The van der Waals surface area contributed by atoms with Gasteiger partial charge in [-0.2, -0.15) is 0 Å². The first-order chi connectivity index (χ1) is 12.7. The Morgan fingerprint density at radius 1 is 1.19 bits per heavy atom. The van der Waals surface area contributed by atoms with E-state index >= 15 is 0 Å². The summed E-state index contributed by atoms with van der Waals surface area (Å²) in [6, 6.07) is 13.5. The molecule has 2 aromatic carbocycles. The van der Waals surface area contributed by atoms with Gasteiger partial charge in [-0.1, -0.05) is 41.0 Å². The fourth-order valence-corrected chi connectivity index (χ4v) is 2.94. The van der Waals surface area contributed by atoms with Gasteiger partial charge in [-0.15, -0.1) is 6.58 Å². The number of aromatic nitrogens is 4. The van der Waals surface area contributed by atoms with Crippen LogP contribution in [0.25, 0.3) is 0 Å². The number of tetrazole rings is 1. The second-order valence-electron chi connectivity index (χ2n) is 5.51. The Hall–Kier alpha value is -2.38. The van der Waals surface area contributed by atoms with Crippen LogP contribution in [-0.2, 0) is 19.7 Å². The molecule has 0 saturated carbocycles. The lowest BCUT2D eigenvalue weighted by molar-refractivity contribution is 0.304. The molecular formula is C18H17BrClN5O. The van der Waals surface area contributed by atoms with Crippen LogP contribution in [0.4, 0.5) is 5.95 Å². The molecule has 0 aliphatic carbocycles. The molecule has 1 heterocycles. The van der Waals surface area contributed by atoms with Crippen LogP contribution in [0.3, 0.4) is 0 Å². The van der Waals surface area contributed by atoms with E-state index in [0.29, 0.717) is 30.7 Å². The van der Waals surface area contributed by atoms with Crippen LogP contribution in [0.5, 0.6) is 5.75 Å². The molecule has 1 aromatic heterocycles. The molecule has 8 heteroatoms. The number of hydrogen-bond acceptors (Lipinski definition) is 5. The van der Waals surface area contributed by atoms with Crippen molar-refractivity contribution in [3.63, 3.8) is 0 Å². The van der Waals surface area contributed by atoms with E-state index in [-0.39, 0.29) is 0 Å². The number of anilines is 1. The summed E-state index contributed by atoms with van der Waals surface area (Å²) in [5.41, 5.74) is 2.13. The standard InChI is InChI=1S/C18H17BrClN5O/c1-2-9-25-18(22-23-24-25)21-11-14-5-8-17(16(19)10-14)26-12-13-3-6-15(20)7-4-13/h2-8,10H,1,9,11-12H2,(H,21,22,24). The first kappa shape index (κ1) is 18.4. The van der Waals surface area contributed by atoms with Gasteiger partial charge in [0.05, 0.1) is 11.0 Å². The van der Waals surface area contributed by atoms with Gasteiger partial charge in [0, 0.05) is 11.6 Å². The Kier molecular flexibility index (Phi) is 6.25. The summed E-state index contributed by atoms with van der Waals surface area (Å²) >= 11 is 9.45. The minimum atomic E-state index is 0.476. The Labute approximate surface area is 164 Å². The van der Waals surface area contributed by atoms with Crippen molar-refractivity contribution >= 4 is 33.5 Å². The third-order valence-corrected chi connectivity index (χ3v) is 4.46. The van der Waals surface area contributed by atoms with E-state index < -0.39 is 0 Å². The van der Waals surface area contributed by atoms with E-state index in [9.17, 15) is 0 Å². The topological polar surface area (TPSA) is 64.9 Å². The Morgan fingerprint density at radius 2 is 1.96 bits per heavy atom. The first-order valence-electron chi connectivity index (χ1n) is 7.92. The SMILES string of the molecule is C=CCn1nnnc1NCc1ccc(OCc2ccc(Cl)cc2)c(Br)c1. The number of nitrogens with one attached hydrogen (secondary N) is 1. The lowest BCUT2D eigenvalue weighted by Gasteiger charge is -2.11. The molecule has 26 heavy (non-hydrogen) atoms. The quantitative estimate of drug-likeness (QED) is 0.530. The molecule has 3 rings (SSSR count). The second-order valence-corrected chi connectivity index (χ2v) is 6.80. The van der Waals surface area contributed by atoms with Crippen molar-refractivity contribution in [2.24, 2.45) is 0 Å². The van der Waals surface area contributed by atoms with Crippen molar-refractivity contribution in [1.82, 2.24) is 20.2 Å². The fourth-order valence-electron chi connectivity index (χ4n) is 2.27. The van der Waals surface area contributed by atoms with Gasteiger partial charge in [0.2, 0.25) is 5.95 Å². The number of benzene rings is 2. The number of allylic oxidation sites excluding steroid dienone is 1. The zero-order valence-electron chi connectivity index (χ0n) is 13.9. The van der Waals surface area contributed by atoms with Crippen molar-refractivity contribution in [1.29, 1.82) is 0 Å². The monoisotopic (exact) mass is 433 g/mol. The van der Waals surface area contributed by atoms with Gasteiger partial charge in [-0.3, -0.25) is 0 Å². The predicted octanol–water partition coefficient (Wildman–Crippen LogP) is 4.47. The van der Waals surface area contributed by atoms with Crippen LogP contribution in [0, 0.1) is 0 Å². The zero-order valence-corrected chi connectivity index (χ0v) is 16.2. The van der Waals surface area contributed by atoms with Crippen molar-refractivity contribution in [2.45, 2.75) is 19.7 Å². The lowest BCUT2D eigenvalue weighted by Crippen LogP contribution is -2.08. The number of hydrogen-bond donors (Lipinski definition) is 1. The van der Waals surface area contributed by atoms with E-state index in [1.165, 1.54) is 0 Å². The summed E-state index contributed by atoms with van der Waals surface area (Å²) in [7, 11) is 0. The molecule has 0 radical (unpaired) electrons. The maximum atomic E-state index is 5.89. The summed E-state index contributed by atoms with van der Waals surface area (Å²) in [6.45, 7) is 5.31. The molecule has 0 bridgehead atoms. The van der Waals surface area contributed by atoms with Gasteiger partial charge in [0.25, 0.3) is 0 Å². The fraction of sp³-hybridized carbons (Fsp3) is 0.167. The summed E-state index contributed by atoms with van der Waals surface area (Å²) in [5.74, 6) is 1.38. The molecule has 0 fully saturated rings. The third kappa shape index (κ3) is 4.83. The normalized spacial score (nSPS) is 10.5. The first-order valence-corrected chi connectivity index (χ1v) is 9.09. The number of rotatable bonds is 8. The Bertz CT molecular complexity index is 882. The minimum Gasteiger partial charge on any atom is -0.488 e. The van der Waals surface area contributed by atoms with Crippen LogP contribution in [0.15, 0.2) is 59.6 Å². The summed E-state index contributed by atoms with van der Waals surface area (Å²) < 4.78 is 8.39. The van der Waals surface area contributed by atoms with E-state index in [1.807, 2.05) is 42.5 Å². The molecule has 1 N–H and O–H groups in total. The number of halogens is 2. The van der Waals surface area contributed by atoms with E-state index in [1.54, 1.807) is 10.8 Å². The molecule has 0 unspecified atom stereocenters. The molecule has 134 valence electrons. The molecule has 0 spiro atoms. The van der Waals surface area contributed by atoms with Crippen LogP contribution in [-0.4, -0.2) is 20.2 Å². The van der Waals surface area contributed by atoms with E-state index in [0.717, 1.165) is 21.3 Å². The predicted molar refractivity (Wildman–Crippen MR) is 105 cm³/mol. The van der Waals surface area contributed by atoms with Gasteiger partial charge >= 0.3 is 0 Å². The maximum Gasteiger partial charge on any atom is 0.243 e. The van der Waals surface area contributed by atoms with Gasteiger partial charge in [-0.05, 0) is 61.7 Å². The third-order valence-electron chi connectivity index (χ3n) is 3.59. The maximum absolute atomic E-state index is 5.89. The largest absolute Gasteiger partial charge is 0.488 e. The van der Waals surface area contributed by atoms with Crippen LogP contribution >= 0.6 is 27.5 Å². The van der Waals surface area contributed by atoms with E-state index in [4.69, 9.17) is 16.3 Å². The van der Waals surface area contributed by atoms with Crippen molar-refractivity contribution in [3.05, 3.63) is 75.7 Å². The molecule has 0 amide bonds. The molecule has 0 saturated heterocycles. The number of nitrogens with zero attached hydrogens (tertiary/aromatic N) is 4. The molecule has 6 nitrogen and oxygen atoms in total. The Balaban J connectivity index is 1.59. The highest BCUT2D eigenvalue weighted by Gasteiger charge is 2.07. The summed E-state index contributed by atoms with van der Waals surface area (Å²) in [6.07, 6.45) is 1.74. The highest BCUT2D eigenvalue weighted by atomic mass is 79.9. The molecular weight excluding hydrogens is 418 g/mol. The van der Waals surface area contributed by atoms with Crippen LogP contribution in [0.1, 0.15) is 11.1 Å². The average Bonchev–Trinajstić information content (AvgIpc) is 3.08. The highest BCUT2D eigenvalue weighted by Crippen LogP contribution is 2.27. The van der Waals surface area contributed by atoms with Gasteiger partial charge in [-0.25, -0.2) is 4.68 Å². The van der Waals surface area contributed by atoms with Crippen LogP contribution in [0.2, 0.25) is 5.02 Å². The second kappa shape index (κ2) is 8.82. The van der Waals surface area contributed by atoms with Crippen molar-refractivity contribution in [3.8, 4) is 5.75 Å². The summed E-state index contributed by atoms with van der Waals surface area (Å²) in [4.78, 5) is 0. The zero-order chi connectivity index (χ0) is 18.4. The Morgan fingerprint density at radius 3 is 2.69 bits per heavy atom. The van der Waals surface area contributed by atoms with E-state index in [2.05, 4.69) is 43.4 Å². The van der Waals surface area contributed by atoms with Crippen LogP contribution < -0.4 is 10.1 Å². The number of ether oxygens (including phenoxy) is 1. The smallest absolute Gasteiger partial charge is 0.243 e. The highest BCUT2D eigenvalue weighted by molar-refractivity contribution is 9.10. The van der Waals surface area contributed by atoms with Crippen molar-refractivity contribution < 1.29 is 4.74 Å². The molecule has 0 atom stereocenters. The average molecular weight is 435 g/mol. The van der Waals surface area contributed by atoms with Gasteiger partial charge in [0.15, 0.2) is 0 Å². The lowest BCUT2D eigenvalue weighted by atomic mass is 10.2. The van der Waals surface area contributed by atoms with Gasteiger partial charge in [0.1, 0.15) is 12.4 Å². The molecule has 0 aliphatic rings. The molecule has 0 aliphatic heterocycles. The molecule has 3 aromatic rings. The summed E-state index contributed by atoms with van der Waals surface area (Å²) in [5, 5.41) is 15.4.